The van der Waals surface area contributed by atoms with E-state index in [0.717, 1.165) is 6.08 Å². The second-order valence-corrected chi connectivity index (χ2v) is 2.05. The Morgan fingerprint density at radius 1 is 1.27 bits per heavy atom. The molecule has 0 amide bonds. The molecule has 0 fully saturated rings. The zero-order chi connectivity index (χ0) is 8.10. The van der Waals surface area contributed by atoms with Crippen molar-refractivity contribution in [2.45, 2.75) is 0 Å². The topological polar surface area (TPSA) is 37.3 Å². The van der Waals surface area contributed by atoms with Crippen LogP contribution in [0.5, 0.6) is 0 Å². The SMILES string of the molecule is O=CC=C(O)c1ccccc1. The number of hydrogen-bond donors (Lipinski definition) is 1. The van der Waals surface area contributed by atoms with Crippen molar-refractivity contribution in [3.05, 3.63) is 42.0 Å². The van der Waals surface area contributed by atoms with Gasteiger partial charge < -0.3 is 5.11 Å². The standard InChI is InChI=1S/C9H8O2/c10-7-6-9(11)8-4-2-1-3-5-8/h1-7,11H. The van der Waals surface area contributed by atoms with Gasteiger partial charge in [0.1, 0.15) is 12.0 Å². The minimum absolute atomic E-state index is 0.000556. The number of benzene rings is 1. The predicted molar refractivity (Wildman–Crippen MR) is 43.1 cm³/mol. The predicted octanol–water partition coefficient (Wildman–Crippen LogP) is 1.78. The molecule has 2 nitrogen and oxygen atoms in total. The summed E-state index contributed by atoms with van der Waals surface area (Å²) in [5.41, 5.74) is 0.652. The Morgan fingerprint density at radius 3 is 2.45 bits per heavy atom. The van der Waals surface area contributed by atoms with E-state index in [4.69, 9.17) is 5.11 Å². The molecule has 11 heavy (non-hydrogen) atoms. The molecular formula is C9H8O2. The first-order valence-electron chi connectivity index (χ1n) is 3.24. The Balaban J connectivity index is 2.94. The van der Waals surface area contributed by atoms with E-state index >= 15 is 0 Å². The molecule has 0 heterocycles. The maximum atomic E-state index is 9.95. The van der Waals surface area contributed by atoms with E-state index in [0.29, 0.717) is 11.8 Å². The second kappa shape index (κ2) is 3.56. The van der Waals surface area contributed by atoms with Crippen LogP contribution < -0.4 is 0 Å². The van der Waals surface area contributed by atoms with Crippen molar-refractivity contribution in [3.8, 4) is 0 Å². The lowest BCUT2D eigenvalue weighted by molar-refractivity contribution is -0.104. The van der Waals surface area contributed by atoms with Crippen molar-refractivity contribution in [2.75, 3.05) is 0 Å². The molecule has 0 aromatic heterocycles. The summed E-state index contributed by atoms with van der Waals surface area (Å²) in [6, 6.07) is 8.90. The van der Waals surface area contributed by atoms with Gasteiger partial charge in [0.05, 0.1) is 0 Å². The van der Waals surface area contributed by atoms with Crippen LogP contribution in [0.4, 0.5) is 0 Å². The Morgan fingerprint density at radius 2 is 1.91 bits per heavy atom. The van der Waals surface area contributed by atoms with Gasteiger partial charge in [-0.1, -0.05) is 30.3 Å². The van der Waals surface area contributed by atoms with E-state index in [9.17, 15) is 4.79 Å². The highest BCUT2D eigenvalue weighted by Crippen LogP contribution is 2.08. The molecule has 0 spiro atoms. The maximum absolute atomic E-state index is 9.95. The second-order valence-electron chi connectivity index (χ2n) is 2.05. The summed E-state index contributed by atoms with van der Waals surface area (Å²) in [5.74, 6) is 0.000556. The van der Waals surface area contributed by atoms with E-state index in [1.165, 1.54) is 0 Å². The minimum atomic E-state index is 0.000556. The number of hydrogen-bond acceptors (Lipinski definition) is 2. The number of aldehydes is 1. The monoisotopic (exact) mass is 148 g/mol. The average molecular weight is 148 g/mol. The van der Waals surface area contributed by atoms with Gasteiger partial charge in [0.25, 0.3) is 0 Å². The molecule has 0 radical (unpaired) electrons. The smallest absolute Gasteiger partial charge is 0.146 e. The van der Waals surface area contributed by atoms with Gasteiger partial charge in [0.2, 0.25) is 0 Å². The number of allylic oxidation sites excluding steroid dienone is 1. The summed E-state index contributed by atoms with van der Waals surface area (Å²) >= 11 is 0. The molecular weight excluding hydrogens is 140 g/mol. The van der Waals surface area contributed by atoms with Gasteiger partial charge in [0.15, 0.2) is 0 Å². The molecule has 0 unspecified atom stereocenters. The third-order valence-electron chi connectivity index (χ3n) is 1.30. The van der Waals surface area contributed by atoms with E-state index in [-0.39, 0.29) is 5.76 Å². The highest BCUT2D eigenvalue weighted by Gasteiger charge is 1.93. The van der Waals surface area contributed by atoms with Gasteiger partial charge in [-0.15, -0.1) is 0 Å². The molecule has 0 saturated carbocycles. The summed E-state index contributed by atoms with van der Waals surface area (Å²) in [6.07, 6.45) is 1.68. The average Bonchev–Trinajstić information content (AvgIpc) is 2.07. The summed E-state index contributed by atoms with van der Waals surface area (Å²) in [6.45, 7) is 0. The molecule has 1 aromatic carbocycles. The number of aliphatic hydroxyl groups excluding tert-OH is 1. The van der Waals surface area contributed by atoms with Crippen molar-refractivity contribution in [1.82, 2.24) is 0 Å². The molecule has 56 valence electrons. The van der Waals surface area contributed by atoms with E-state index in [1.54, 1.807) is 24.3 Å². The third kappa shape index (κ3) is 1.93. The van der Waals surface area contributed by atoms with E-state index < -0.39 is 0 Å². The quantitative estimate of drug-likeness (QED) is 0.394. The van der Waals surface area contributed by atoms with Crippen LogP contribution in [0.25, 0.3) is 5.76 Å². The number of carbonyl (C=O) groups excluding carboxylic acids is 1. The zero-order valence-electron chi connectivity index (χ0n) is 5.90. The Bertz CT molecular complexity index is 262. The van der Waals surface area contributed by atoms with Crippen LogP contribution in [0.2, 0.25) is 0 Å². The van der Waals surface area contributed by atoms with E-state index in [2.05, 4.69) is 0 Å². The normalized spacial score (nSPS) is 11.1. The Hall–Kier alpha value is -1.57. The minimum Gasteiger partial charge on any atom is -0.507 e. The molecule has 0 aliphatic carbocycles. The maximum Gasteiger partial charge on any atom is 0.146 e. The highest BCUT2D eigenvalue weighted by molar-refractivity contribution is 5.77. The summed E-state index contributed by atoms with van der Waals surface area (Å²) in [5, 5.41) is 9.15. The van der Waals surface area contributed by atoms with Crippen molar-refractivity contribution in [2.24, 2.45) is 0 Å². The molecule has 2 heteroatoms. The largest absolute Gasteiger partial charge is 0.507 e. The molecule has 1 aromatic rings. The lowest BCUT2D eigenvalue weighted by atomic mass is 10.2. The highest BCUT2D eigenvalue weighted by atomic mass is 16.3. The first-order chi connectivity index (χ1) is 5.34. The third-order valence-corrected chi connectivity index (χ3v) is 1.30. The van der Waals surface area contributed by atoms with Gasteiger partial charge >= 0.3 is 0 Å². The zero-order valence-corrected chi connectivity index (χ0v) is 5.90. The fourth-order valence-corrected chi connectivity index (χ4v) is 0.770. The number of rotatable bonds is 2. The Kier molecular flexibility index (Phi) is 2.44. The molecule has 0 saturated heterocycles. The summed E-state index contributed by atoms with van der Waals surface area (Å²) in [4.78, 5) is 9.95. The van der Waals surface area contributed by atoms with Crippen molar-refractivity contribution >= 4 is 12.0 Å². The van der Waals surface area contributed by atoms with Crippen LogP contribution in [0.1, 0.15) is 5.56 Å². The lowest BCUT2D eigenvalue weighted by Crippen LogP contribution is -1.81. The van der Waals surface area contributed by atoms with Crippen molar-refractivity contribution in [3.63, 3.8) is 0 Å². The molecule has 0 aliphatic heterocycles. The van der Waals surface area contributed by atoms with Crippen LogP contribution >= 0.6 is 0 Å². The van der Waals surface area contributed by atoms with Gasteiger partial charge in [-0.2, -0.15) is 0 Å². The van der Waals surface area contributed by atoms with Crippen LogP contribution in [0.15, 0.2) is 36.4 Å². The van der Waals surface area contributed by atoms with Gasteiger partial charge in [-0.3, -0.25) is 4.79 Å². The van der Waals surface area contributed by atoms with Crippen LogP contribution in [0.3, 0.4) is 0 Å². The molecule has 0 aliphatic rings. The van der Waals surface area contributed by atoms with Gasteiger partial charge in [-0.05, 0) is 0 Å². The van der Waals surface area contributed by atoms with Gasteiger partial charge in [0, 0.05) is 11.6 Å². The number of aliphatic hydroxyl groups is 1. The molecule has 0 atom stereocenters. The summed E-state index contributed by atoms with van der Waals surface area (Å²) in [7, 11) is 0. The van der Waals surface area contributed by atoms with Crippen molar-refractivity contribution < 1.29 is 9.90 Å². The fraction of sp³-hybridized carbons (Fsp3) is 0. The first-order valence-corrected chi connectivity index (χ1v) is 3.24. The lowest BCUT2D eigenvalue weighted by Gasteiger charge is -1.95. The van der Waals surface area contributed by atoms with E-state index in [1.807, 2.05) is 6.07 Å². The Labute approximate surface area is 64.8 Å². The fourth-order valence-electron chi connectivity index (χ4n) is 0.770. The molecule has 1 rings (SSSR count). The first kappa shape index (κ1) is 7.54. The molecule has 1 N–H and O–H groups in total. The van der Waals surface area contributed by atoms with Crippen LogP contribution in [-0.2, 0) is 4.79 Å². The molecule has 0 bridgehead atoms. The number of carbonyl (C=O) groups is 1. The van der Waals surface area contributed by atoms with Gasteiger partial charge in [-0.25, -0.2) is 0 Å². The van der Waals surface area contributed by atoms with Crippen molar-refractivity contribution in [1.29, 1.82) is 0 Å². The van der Waals surface area contributed by atoms with Crippen LogP contribution in [0, 0.1) is 0 Å². The summed E-state index contributed by atoms with van der Waals surface area (Å²) < 4.78 is 0. The van der Waals surface area contributed by atoms with Crippen LogP contribution in [-0.4, -0.2) is 11.4 Å².